The van der Waals surface area contributed by atoms with Crippen molar-refractivity contribution in [2.45, 2.75) is 39.3 Å². The highest BCUT2D eigenvalue weighted by atomic mass is 19.4. The van der Waals surface area contributed by atoms with Crippen molar-refractivity contribution >= 4 is 29.4 Å². The number of hydrogen-bond donors (Lipinski definition) is 1. The van der Waals surface area contributed by atoms with Crippen LogP contribution in [-0.2, 0) is 19.2 Å². The summed E-state index contributed by atoms with van der Waals surface area (Å²) in [6.07, 6.45) is -17.2. The van der Waals surface area contributed by atoms with E-state index < -0.39 is 41.8 Å². The molecule has 0 aromatic heterocycles. The number of carbonyl (C=O) groups excluding carboxylic acids is 4. The van der Waals surface area contributed by atoms with Crippen LogP contribution in [0.2, 0.25) is 0 Å². The lowest BCUT2D eigenvalue weighted by atomic mass is 9.95. The third-order valence-electron chi connectivity index (χ3n) is 2.64. The van der Waals surface area contributed by atoms with Gasteiger partial charge >= 0.3 is 30.1 Å². The van der Waals surface area contributed by atoms with Gasteiger partial charge in [-0.1, -0.05) is 20.8 Å². The number of hydrogen-bond acceptors (Lipinski definition) is 4. The maximum atomic E-state index is 12.5. The molecular weight excluding hydrogens is 472 g/mol. The van der Waals surface area contributed by atoms with Crippen LogP contribution in [0.3, 0.4) is 0 Å². The molecule has 1 N–H and O–H groups in total. The zero-order valence-electron chi connectivity index (χ0n) is 16.3. The Balaban J connectivity index is 0. The average molecular weight is 487 g/mol. The Labute approximate surface area is 173 Å². The van der Waals surface area contributed by atoms with E-state index in [9.17, 15) is 58.3 Å². The van der Waals surface area contributed by atoms with E-state index in [0.29, 0.717) is 5.69 Å². The second kappa shape index (κ2) is 11.6. The monoisotopic (exact) mass is 487 g/mol. The summed E-state index contributed by atoms with van der Waals surface area (Å²) in [5.74, 6) is -7.20. The second-order valence-corrected chi connectivity index (χ2v) is 6.52. The molecule has 1 rings (SSSR count). The van der Waals surface area contributed by atoms with E-state index in [1.54, 1.807) is 12.1 Å². The molecule has 0 heterocycles. The molecule has 5 nitrogen and oxygen atoms in total. The van der Waals surface area contributed by atoms with Gasteiger partial charge < -0.3 is 5.32 Å². The number of amides is 1. The zero-order valence-corrected chi connectivity index (χ0v) is 16.3. The summed E-state index contributed by atoms with van der Waals surface area (Å²) in [4.78, 5) is 39.4. The quantitative estimate of drug-likeness (QED) is 0.369. The summed E-state index contributed by atoms with van der Waals surface area (Å²) >= 11 is 0. The van der Waals surface area contributed by atoms with Crippen LogP contribution in [0, 0.1) is 11.2 Å². The number of nitrogens with one attached hydrogen (secondary N) is 1. The minimum absolute atomic E-state index is 0.0795. The van der Waals surface area contributed by atoms with Gasteiger partial charge in [-0.25, -0.2) is 4.39 Å². The molecule has 0 saturated heterocycles. The molecule has 0 unspecified atom stereocenters. The molecule has 0 radical (unpaired) electrons. The van der Waals surface area contributed by atoms with Crippen molar-refractivity contribution in [3.05, 3.63) is 30.1 Å². The van der Waals surface area contributed by atoms with Gasteiger partial charge in [0.25, 0.3) is 0 Å². The molecule has 32 heavy (non-hydrogen) atoms. The predicted octanol–water partition coefficient (Wildman–Crippen LogP) is 4.81. The third-order valence-corrected chi connectivity index (χ3v) is 2.64. The van der Waals surface area contributed by atoms with Gasteiger partial charge in [0.05, 0.1) is 0 Å². The molecule has 0 atom stereocenters. The van der Waals surface area contributed by atoms with E-state index in [-0.39, 0.29) is 11.7 Å². The smallest absolute Gasteiger partial charge is 0.326 e. The summed E-state index contributed by atoms with van der Waals surface area (Å²) in [7, 11) is 0. The Kier molecular flexibility index (Phi) is 11.3. The molecule has 1 aromatic rings. The number of Topliss-reactive ketones (excluding diaryl/α,β-unsaturated/α-hetero) is 2. The topological polar surface area (TPSA) is 80.3 Å². The molecule has 0 fully saturated rings. The summed E-state index contributed by atoms with van der Waals surface area (Å²) in [6.45, 7) is 5.48. The highest BCUT2D eigenvalue weighted by Crippen LogP contribution is 2.24. The number of benzene rings is 1. The molecule has 0 aliphatic heterocycles. The van der Waals surface area contributed by atoms with Crippen molar-refractivity contribution in [1.29, 1.82) is 0 Å². The number of carbonyl (C=O) groups is 4. The van der Waals surface area contributed by atoms with Crippen LogP contribution in [0.5, 0.6) is 0 Å². The molecule has 0 spiro atoms. The number of halogens is 10. The highest BCUT2D eigenvalue weighted by Gasteiger charge is 2.54. The van der Waals surface area contributed by atoms with Gasteiger partial charge in [-0.15, -0.1) is 0 Å². The van der Waals surface area contributed by atoms with Crippen LogP contribution in [0.4, 0.5) is 49.6 Å². The Morgan fingerprint density at radius 3 is 1.28 bits per heavy atom. The van der Waals surface area contributed by atoms with Crippen LogP contribution in [0.15, 0.2) is 24.3 Å². The number of aldehydes is 1. The van der Waals surface area contributed by atoms with Gasteiger partial charge in [0.15, 0.2) is 0 Å². The summed E-state index contributed by atoms with van der Waals surface area (Å²) < 4.78 is 111. The molecule has 15 heteroatoms. The van der Waals surface area contributed by atoms with Gasteiger partial charge in [0.1, 0.15) is 5.82 Å². The Morgan fingerprint density at radius 2 is 1.06 bits per heavy atom. The standard InChI is InChI=1S/C11H14FNO.C4F6O2.C2HF3O/c1-11(2,3)10(14)13-9-6-4-8(12)5-7-9;5-3(6,7)1(11)2(12)4(8,9)10;3-2(4,5)1-6/h4-7H,1-3H3,(H,13,14);;1H. The maximum absolute atomic E-state index is 12.5. The van der Waals surface area contributed by atoms with Crippen LogP contribution in [-0.4, -0.2) is 42.3 Å². The average Bonchev–Trinajstić information content (AvgIpc) is 2.60. The van der Waals surface area contributed by atoms with Gasteiger partial charge in [-0.2, -0.15) is 39.5 Å². The normalized spacial score (nSPS) is 11.8. The van der Waals surface area contributed by atoms with Crippen LogP contribution in [0.1, 0.15) is 20.8 Å². The first-order valence-corrected chi connectivity index (χ1v) is 7.85. The van der Waals surface area contributed by atoms with Crippen molar-refractivity contribution in [1.82, 2.24) is 0 Å². The number of anilines is 1. The first-order chi connectivity index (χ1) is 14.0. The fourth-order valence-electron chi connectivity index (χ4n) is 1.11. The molecule has 0 aliphatic rings. The Hall–Kier alpha value is -3.00. The minimum Gasteiger partial charge on any atom is -0.326 e. The highest BCUT2D eigenvalue weighted by molar-refractivity contribution is 6.41. The van der Waals surface area contributed by atoms with Crippen molar-refractivity contribution in [2.24, 2.45) is 5.41 Å². The summed E-state index contributed by atoms with van der Waals surface area (Å²) in [5.41, 5.74) is 0.181. The van der Waals surface area contributed by atoms with E-state index >= 15 is 0 Å². The van der Waals surface area contributed by atoms with Crippen molar-refractivity contribution < 1.29 is 63.1 Å². The lowest BCUT2D eigenvalue weighted by molar-refractivity contribution is -0.193. The fraction of sp³-hybridized carbons (Fsp3) is 0.412. The Morgan fingerprint density at radius 1 is 0.750 bits per heavy atom. The van der Waals surface area contributed by atoms with E-state index in [0.717, 1.165) is 0 Å². The van der Waals surface area contributed by atoms with Crippen LogP contribution >= 0.6 is 0 Å². The molecular formula is C17H15F10NO4. The first kappa shape index (κ1) is 31.2. The maximum Gasteiger partial charge on any atom is 0.458 e. The second-order valence-electron chi connectivity index (χ2n) is 6.52. The lowest BCUT2D eigenvalue weighted by Gasteiger charge is -2.17. The molecule has 1 aromatic carbocycles. The van der Waals surface area contributed by atoms with Crippen LogP contribution in [0.25, 0.3) is 0 Å². The lowest BCUT2D eigenvalue weighted by Crippen LogP contribution is -2.39. The SMILES string of the molecule is CC(C)(C)C(=O)Nc1ccc(F)cc1.O=C(C(=O)C(F)(F)F)C(F)(F)F.O=CC(F)(F)F. The van der Waals surface area contributed by atoms with Crippen molar-refractivity contribution in [3.8, 4) is 0 Å². The number of alkyl halides is 9. The molecule has 0 bridgehead atoms. The van der Waals surface area contributed by atoms with Crippen molar-refractivity contribution in [3.63, 3.8) is 0 Å². The molecule has 0 aliphatic carbocycles. The van der Waals surface area contributed by atoms with Gasteiger partial charge in [0.2, 0.25) is 12.2 Å². The molecule has 0 saturated carbocycles. The third kappa shape index (κ3) is 14.1. The van der Waals surface area contributed by atoms with E-state index in [4.69, 9.17) is 4.79 Å². The first-order valence-electron chi connectivity index (χ1n) is 7.85. The van der Waals surface area contributed by atoms with Gasteiger partial charge in [0, 0.05) is 11.1 Å². The van der Waals surface area contributed by atoms with Crippen LogP contribution < -0.4 is 5.32 Å². The Bertz CT molecular complexity index is 764. The van der Waals surface area contributed by atoms with Gasteiger partial charge in [-0.3, -0.25) is 19.2 Å². The molecule has 182 valence electrons. The van der Waals surface area contributed by atoms with Crippen molar-refractivity contribution in [2.75, 3.05) is 5.32 Å². The minimum atomic E-state index is -5.77. The van der Waals surface area contributed by atoms with E-state index in [2.05, 4.69) is 5.32 Å². The van der Waals surface area contributed by atoms with Gasteiger partial charge in [-0.05, 0) is 24.3 Å². The van der Waals surface area contributed by atoms with E-state index in [1.165, 1.54) is 12.1 Å². The summed E-state index contributed by atoms with van der Waals surface area (Å²) in [6, 6.07) is 5.72. The zero-order chi connectivity index (χ0) is 26.1. The largest absolute Gasteiger partial charge is 0.458 e. The summed E-state index contributed by atoms with van der Waals surface area (Å²) in [5, 5.41) is 2.70. The number of rotatable bonds is 2. The fourth-order valence-corrected chi connectivity index (χ4v) is 1.11. The number of ketones is 2. The van der Waals surface area contributed by atoms with E-state index in [1.807, 2.05) is 20.8 Å². The molecule has 1 amide bonds. The predicted molar refractivity (Wildman–Crippen MR) is 88.7 cm³/mol.